The molecule has 2 aromatic rings. The smallest absolute Gasteiger partial charge is 0.270 e. The first kappa shape index (κ1) is 14.4. The van der Waals surface area contributed by atoms with E-state index in [0.717, 1.165) is 0 Å². The van der Waals surface area contributed by atoms with Crippen LogP contribution in [0.2, 0.25) is 0 Å². The van der Waals surface area contributed by atoms with Gasteiger partial charge in [-0.1, -0.05) is 0 Å². The molecule has 0 saturated carbocycles. The maximum atomic E-state index is 12.3. The highest BCUT2D eigenvalue weighted by molar-refractivity contribution is 6.08. The number of hydrogen-bond acceptors (Lipinski definition) is 5. The third-order valence-electron chi connectivity index (χ3n) is 2.84. The van der Waals surface area contributed by atoms with Gasteiger partial charge in [0.1, 0.15) is 0 Å². The second-order valence-electron chi connectivity index (χ2n) is 4.55. The standard InChI is InChI=1S/C14H14N4O3/c1-17(2)13-6-5-11(18(20)21)8-12(13)14(19)16-10-4-3-7-15-9-10/h3-9H,1-2H3,(H,16,19). The summed E-state index contributed by atoms with van der Waals surface area (Å²) in [6.45, 7) is 0. The first-order chi connectivity index (χ1) is 9.99. The predicted molar refractivity (Wildman–Crippen MR) is 79.6 cm³/mol. The Morgan fingerprint density at radius 1 is 1.33 bits per heavy atom. The minimum atomic E-state index is -0.527. The van der Waals surface area contributed by atoms with E-state index in [9.17, 15) is 14.9 Å². The number of carbonyl (C=O) groups excluding carboxylic acids is 1. The average Bonchev–Trinajstić information content (AvgIpc) is 2.47. The van der Waals surface area contributed by atoms with Gasteiger partial charge >= 0.3 is 0 Å². The van der Waals surface area contributed by atoms with E-state index in [1.165, 1.54) is 18.3 Å². The molecule has 0 spiro atoms. The average molecular weight is 286 g/mol. The van der Waals surface area contributed by atoms with E-state index < -0.39 is 10.8 Å². The Hall–Kier alpha value is -2.96. The van der Waals surface area contributed by atoms with E-state index in [0.29, 0.717) is 11.4 Å². The Morgan fingerprint density at radius 3 is 2.67 bits per heavy atom. The maximum absolute atomic E-state index is 12.3. The molecule has 0 aliphatic rings. The molecule has 7 nitrogen and oxygen atoms in total. The lowest BCUT2D eigenvalue weighted by Gasteiger charge is -2.16. The number of amides is 1. The zero-order valence-electron chi connectivity index (χ0n) is 11.6. The normalized spacial score (nSPS) is 10.0. The van der Waals surface area contributed by atoms with Crippen molar-refractivity contribution < 1.29 is 9.72 Å². The minimum absolute atomic E-state index is 0.128. The van der Waals surface area contributed by atoms with Crippen molar-refractivity contribution in [3.8, 4) is 0 Å². The molecule has 2 rings (SSSR count). The number of nitrogens with one attached hydrogen (secondary N) is 1. The lowest BCUT2D eigenvalue weighted by atomic mass is 10.1. The van der Waals surface area contributed by atoms with Gasteiger partial charge in [0.15, 0.2) is 0 Å². The van der Waals surface area contributed by atoms with Gasteiger partial charge in [0, 0.05) is 38.1 Å². The first-order valence-corrected chi connectivity index (χ1v) is 6.16. The second kappa shape index (κ2) is 6.00. The Balaban J connectivity index is 2.38. The summed E-state index contributed by atoms with van der Waals surface area (Å²) in [7, 11) is 3.53. The van der Waals surface area contributed by atoms with Crippen molar-refractivity contribution in [2.45, 2.75) is 0 Å². The van der Waals surface area contributed by atoms with Gasteiger partial charge in [-0.05, 0) is 18.2 Å². The van der Waals surface area contributed by atoms with Crippen molar-refractivity contribution in [1.82, 2.24) is 4.98 Å². The van der Waals surface area contributed by atoms with Crippen LogP contribution < -0.4 is 10.2 Å². The van der Waals surface area contributed by atoms with Crippen LogP contribution in [-0.4, -0.2) is 29.9 Å². The minimum Gasteiger partial charge on any atom is -0.377 e. The van der Waals surface area contributed by atoms with Crippen LogP contribution in [0.4, 0.5) is 17.1 Å². The molecule has 1 amide bonds. The molecule has 1 N–H and O–H groups in total. The van der Waals surface area contributed by atoms with E-state index in [1.807, 2.05) is 0 Å². The molecule has 0 unspecified atom stereocenters. The quantitative estimate of drug-likeness (QED) is 0.688. The number of anilines is 2. The lowest BCUT2D eigenvalue weighted by molar-refractivity contribution is -0.384. The van der Waals surface area contributed by atoms with Gasteiger partial charge in [-0.15, -0.1) is 0 Å². The fourth-order valence-corrected chi connectivity index (χ4v) is 1.84. The van der Waals surface area contributed by atoms with Gasteiger partial charge in [-0.25, -0.2) is 0 Å². The van der Waals surface area contributed by atoms with Crippen LogP contribution in [0.5, 0.6) is 0 Å². The van der Waals surface area contributed by atoms with E-state index >= 15 is 0 Å². The van der Waals surface area contributed by atoms with Gasteiger partial charge in [0.05, 0.1) is 22.4 Å². The van der Waals surface area contributed by atoms with E-state index in [4.69, 9.17) is 0 Å². The summed E-state index contributed by atoms with van der Waals surface area (Å²) in [6, 6.07) is 7.57. The van der Waals surface area contributed by atoms with Crippen LogP contribution >= 0.6 is 0 Å². The highest BCUT2D eigenvalue weighted by atomic mass is 16.6. The van der Waals surface area contributed by atoms with E-state index in [1.54, 1.807) is 43.4 Å². The number of benzene rings is 1. The zero-order chi connectivity index (χ0) is 15.4. The number of hydrogen-bond donors (Lipinski definition) is 1. The summed E-state index contributed by atoms with van der Waals surface area (Å²) in [5.41, 5.74) is 1.23. The fourth-order valence-electron chi connectivity index (χ4n) is 1.84. The molecule has 21 heavy (non-hydrogen) atoms. The molecule has 1 aromatic heterocycles. The molecule has 108 valence electrons. The van der Waals surface area contributed by atoms with E-state index in [2.05, 4.69) is 10.3 Å². The molecular weight excluding hydrogens is 272 g/mol. The van der Waals surface area contributed by atoms with Crippen LogP contribution in [0.3, 0.4) is 0 Å². The van der Waals surface area contributed by atoms with Crippen LogP contribution in [0.1, 0.15) is 10.4 Å². The largest absolute Gasteiger partial charge is 0.377 e. The van der Waals surface area contributed by atoms with Gasteiger partial charge in [0.2, 0.25) is 0 Å². The summed E-state index contributed by atoms with van der Waals surface area (Å²) >= 11 is 0. The molecular formula is C14H14N4O3. The summed E-state index contributed by atoms with van der Waals surface area (Å²) in [6.07, 6.45) is 3.10. The molecule has 1 heterocycles. The number of nitro benzene ring substituents is 1. The molecule has 0 saturated heterocycles. The Morgan fingerprint density at radius 2 is 2.10 bits per heavy atom. The fraction of sp³-hybridized carbons (Fsp3) is 0.143. The molecule has 7 heteroatoms. The highest BCUT2D eigenvalue weighted by Gasteiger charge is 2.18. The highest BCUT2D eigenvalue weighted by Crippen LogP contribution is 2.25. The Labute approximate surface area is 121 Å². The number of nitro groups is 1. The third-order valence-corrected chi connectivity index (χ3v) is 2.84. The van der Waals surface area contributed by atoms with Crippen LogP contribution in [0, 0.1) is 10.1 Å². The van der Waals surface area contributed by atoms with Crippen LogP contribution in [-0.2, 0) is 0 Å². The van der Waals surface area contributed by atoms with Crippen molar-refractivity contribution in [1.29, 1.82) is 0 Å². The molecule has 0 aliphatic carbocycles. The van der Waals surface area contributed by atoms with Gasteiger partial charge in [-0.2, -0.15) is 0 Å². The number of non-ortho nitro benzene ring substituents is 1. The van der Waals surface area contributed by atoms with Gasteiger partial charge < -0.3 is 10.2 Å². The molecule has 0 fully saturated rings. The maximum Gasteiger partial charge on any atom is 0.270 e. The van der Waals surface area contributed by atoms with Crippen molar-refractivity contribution in [3.63, 3.8) is 0 Å². The van der Waals surface area contributed by atoms with Crippen LogP contribution in [0.15, 0.2) is 42.7 Å². The predicted octanol–water partition coefficient (Wildman–Crippen LogP) is 2.31. The molecule has 0 radical (unpaired) electrons. The number of rotatable bonds is 4. The molecule has 0 atom stereocenters. The number of carbonyl (C=O) groups is 1. The molecule has 0 bridgehead atoms. The Kier molecular flexibility index (Phi) is 4.13. The monoisotopic (exact) mass is 286 g/mol. The summed E-state index contributed by atoms with van der Waals surface area (Å²) in [5, 5.41) is 13.5. The number of aromatic nitrogens is 1. The van der Waals surface area contributed by atoms with Crippen molar-refractivity contribution >= 4 is 23.0 Å². The van der Waals surface area contributed by atoms with Gasteiger partial charge in [0.25, 0.3) is 11.6 Å². The third kappa shape index (κ3) is 3.33. The number of nitrogens with zero attached hydrogens (tertiary/aromatic N) is 3. The summed E-state index contributed by atoms with van der Waals surface area (Å²) < 4.78 is 0. The second-order valence-corrected chi connectivity index (χ2v) is 4.55. The SMILES string of the molecule is CN(C)c1ccc([N+](=O)[O-])cc1C(=O)Nc1cccnc1. The molecule has 1 aromatic carbocycles. The van der Waals surface area contributed by atoms with Crippen LogP contribution in [0.25, 0.3) is 0 Å². The molecule has 0 aliphatic heterocycles. The van der Waals surface area contributed by atoms with Crippen molar-refractivity contribution in [2.24, 2.45) is 0 Å². The Bertz CT molecular complexity index is 671. The topological polar surface area (TPSA) is 88.4 Å². The van der Waals surface area contributed by atoms with Crippen molar-refractivity contribution in [3.05, 3.63) is 58.4 Å². The first-order valence-electron chi connectivity index (χ1n) is 6.16. The van der Waals surface area contributed by atoms with E-state index in [-0.39, 0.29) is 11.3 Å². The summed E-state index contributed by atoms with van der Waals surface area (Å²) in [4.78, 5) is 28.3. The van der Waals surface area contributed by atoms with Gasteiger partial charge in [-0.3, -0.25) is 19.9 Å². The number of pyridine rings is 1. The van der Waals surface area contributed by atoms with Crippen molar-refractivity contribution in [2.75, 3.05) is 24.3 Å². The lowest BCUT2D eigenvalue weighted by Crippen LogP contribution is -2.18. The summed E-state index contributed by atoms with van der Waals surface area (Å²) in [5.74, 6) is -0.421. The zero-order valence-corrected chi connectivity index (χ0v) is 11.6.